The number of nitro benzene ring substituents is 1. The molecule has 27 heavy (non-hydrogen) atoms. The Kier molecular flexibility index (Phi) is 5.47. The van der Waals surface area contributed by atoms with Crippen molar-refractivity contribution < 1.29 is 14.5 Å². The van der Waals surface area contributed by atoms with Gasteiger partial charge in [0, 0.05) is 6.07 Å². The lowest BCUT2D eigenvalue weighted by molar-refractivity contribution is -0.385. The second-order valence-electron chi connectivity index (χ2n) is 5.93. The zero-order valence-electron chi connectivity index (χ0n) is 14.7. The Balaban J connectivity index is 1.80. The molecule has 0 saturated carbocycles. The summed E-state index contributed by atoms with van der Waals surface area (Å²) in [7, 11) is 0. The van der Waals surface area contributed by atoms with Crippen LogP contribution in [0.15, 0.2) is 72.8 Å². The maximum absolute atomic E-state index is 12.7. The lowest BCUT2D eigenvalue weighted by Crippen LogP contribution is -2.14. The Hall–Kier alpha value is -3.67. The zero-order valence-corrected chi connectivity index (χ0v) is 14.7. The van der Waals surface area contributed by atoms with Crippen LogP contribution >= 0.6 is 0 Å². The number of para-hydroxylation sites is 1. The fourth-order valence-corrected chi connectivity index (χ4v) is 2.66. The van der Waals surface area contributed by atoms with E-state index in [1.807, 2.05) is 30.3 Å². The lowest BCUT2D eigenvalue weighted by Gasteiger charge is -2.13. The molecule has 0 saturated heterocycles. The molecule has 6 heteroatoms. The summed E-state index contributed by atoms with van der Waals surface area (Å²) in [6, 6.07) is 21.1. The highest BCUT2D eigenvalue weighted by Gasteiger charge is 2.17. The van der Waals surface area contributed by atoms with Gasteiger partial charge in [-0.1, -0.05) is 48.5 Å². The van der Waals surface area contributed by atoms with Crippen LogP contribution in [-0.2, 0) is 6.61 Å². The number of nitrogens with one attached hydrogen (secondary N) is 1. The molecule has 0 aliphatic carbocycles. The number of benzene rings is 3. The first-order chi connectivity index (χ1) is 13.1. The quantitative estimate of drug-likeness (QED) is 0.507. The molecule has 0 fully saturated rings. The summed E-state index contributed by atoms with van der Waals surface area (Å²) in [4.78, 5) is 23.3. The third-order valence-corrected chi connectivity index (χ3v) is 4.12. The minimum atomic E-state index is -0.470. The Morgan fingerprint density at radius 1 is 1.00 bits per heavy atom. The van der Waals surface area contributed by atoms with Crippen molar-refractivity contribution in [2.45, 2.75) is 13.5 Å². The number of nitrogens with zero attached hydrogens (tertiary/aromatic N) is 1. The minimum Gasteiger partial charge on any atom is -0.488 e. The predicted octanol–water partition coefficient (Wildman–Crippen LogP) is 4.73. The molecule has 0 bridgehead atoms. The van der Waals surface area contributed by atoms with Crippen molar-refractivity contribution in [3.8, 4) is 5.75 Å². The molecule has 3 aromatic carbocycles. The molecule has 0 aliphatic rings. The highest BCUT2D eigenvalue weighted by atomic mass is 16.6. The number of ether oxygens (including phenoxy) is 1. The van der Waals surface area contributed by atoms with Gasteiger partial charge in [0.05, 0.1) is 21.7 Å². The number of hydrogen-bond donors (Lipinski definition) is 1. The number of carbonyl (C=O) groups excluding carboxylic acids is 1. The topological polar surface area (TPSA) is 81.5 Å². The van der Waals surface area contributed by atoms with Gasteiger partial charge >= 0.3 is 0 Å². The molecule has 0 spiro atoms. The molecule has 0 unspecified atom stereocenters. The van der Waals surface area contributed by atoms with Crippen LogP contribution in [0.2, 0.25) is 0 Å². The average Bonchev–Trinajstić information content (AvgIpc) is 2.68. The highest BCUT2D eigenvalue weighted by molar-refractivity contribution is 6.06. The predicted molar refractivity (Wildman–Crippen MR) is 103 cm³/mol. The van der Waals surface area contributed by atoms with Crippen LogP contribution in [0.3, 0.4) is 0 Å². The van der Waals surface area contributed by atoms with E-state index in [9.17, 15) is 14.9 Å². The fourth-order valence-electron chi connectivity index (χ4n) is 2.66. The molecule has 0 atom stereocenters. The summed E-state index contributed by atoms with van der Waals surface area (Å²) in [5, 5.41) is 13.8. The van der Waals surface area contributed by atoms with Crippen LogP contribution < -0.4 is 10.1 Å². The van der Waals surface area contributed by atoms with Crippen molar-refractivity contribution in [2.24, 2.45) is 0 Å². The molecule has 1 N–H and O–H groups in total. The summed E-state index contributed by atoms with van der Waals surface area (Å²) < 4.78 is 5.81. The number of amides is 1. The molecule has 0 heterocycles. The van der Waals surface area contributed by atoms with Crippen molar-refractivity contribution in [3.05, 3.63) is 99.6 Å². The Bertz CT molecular complexity index is 971. The van der Waals surface area contributed by atoms with E-state index < -0.39 is 4.92 Å². The maximum Gasteiger partial charge on any atom is 0.274 e. The van der Waals surface area contributed by atoms with E-state index in [4.69, 9.17) is 4.74 Å². The summed E-state index contributed by atoms with van der Waals surface area (Å²) >= 11 is 0. The standard InChI is InChI=1S/C21H18N2O4/c1-15-18(11-7-12-19(15)23(25)26)22-21(24)17-10-5-6-13-20(17)27-14-16-8-3-2-4-9-16/h2-13H,14H2,1H3,(H,22,24). The van der Waals surface area contributed by atoms with Crippen LogP contribution in [0.1, 0.15) is 21.5 Å². The van der Waals surface area contributed by atoms with Crippen molar-refractivity contribution in [3.63, 3.8) is 0 Å². The second kappa shape index (κ2) is 8.14. The van der Waals surface area contributed by atoms with Crippen molar-refractivity contribution >= 4 is 17.3 Å². The fraction of sp³-hybridized carbons (Fsp3) is 0.0952. The van der Waals surface area contributed by atoms with Gasteiger partial charge in [0.2, 0.25) is 0 Å². The van der Waals surface area contributed by atoms with Crippen LogP contribution in [0.4, 0.5) is 11.4 Å². The SMILES string of the molecule is Cc1c(NC(=O)c2ccccc2OCc2ccccc2)cccc1[N+](=O)[O-]. The Morgan fingerprint density at radius 2 is 1.70 bits per heavy atom. The monoisotopic (exact) mass is 362 g/mol. The van der Waals surface area contributed by atoms with Crippen LogP contribution in [0, 0.1) is 17.0 Å². The molecule has 3 rings (SSSR count). The van der Waals surface area contributed by atoms with E-state index in [0.29, 0.717) is 29.2 Å². The van der Waals surface area contributed by atoms with Gasteiger partial charge in [-0.2, -0.15) is 0 Å². The number of hydrogen-bond acceptors (Lipinski definition) is 4. The first-order valence-corrected chi connectivity index (χ1v) is 8.37. The third kappa shape index (κ3) is 4.30. The van der Waals surface area contributed by atoms with Crippen LogP contribution in [0.25, 0.3) is 0 Å². The first-order valence-electron chi connectivity index (χ1n) is 8.37. The molecule has 1 amide bonds. The molecular formula is C21H18N2O4. The number of nitro groups is 1. The van der Waals surface area contributed by atoms with Crippen LogP contribution in [0.5, 0.6) is 5.75 Å². The van der Waals surface area contributed by atoms with Gasteiger partial charge in [0.25, 0.3) is 11.6 Å². The summed E-state index contributed by atoms with van der Waals surface area (Å²) in [5.74, 6) is 0.0594. The zero-order chi connectivity index (χ0) is 19.2. The first kappa shape index (κ1) is 18.1. The van der Waals surface area contributed by atoms with Gasteiger partial charge in [-0.25, -0.2) is 0 Å². The van der Waals surface area contributed by atoms with Crippen molar-refractivity contribution in [1.29, 1.82) is 0 Å². The van der Waals surface area contributed by atoms with Gasteiger partial charge in [-0.05, 0) is 30.7 Å². The number of rotatable bonds is 6. The lowest BCUT2D eigenvalue weighted by atomic mass is 10.1. The number of carbonyl (C=O) groups is 1. The van der Waals surface area contributed by atoms with E-state index in [-0.39, 0.29) is 11.6 Å². The van der Waals surface area contributed by atoms with Gasteiger partial charge in [-0.3, -0.25) is 14.9 Å². The molecule has 0 aromatic heterocycles. The molecule has 0 aliphatic heterocycles. The van der Waals surface area contributed by atoms with Gasteiger partial charge in [0.1, 0.15) is 12.4 Å². The summed E-state index contributed by atoms with van der Waals surface area (Å²) in [5.41, 5.74) is 2.11. The second-order valence-corrected chi connectivity index (χ2v) is 5.93. The molecule has 136 valence electrons. The smallest absolute Gasteiger partial charge is 0.274 e. The maximum atomic E-state index is 12.7. The van der Waals surface area contributed by atoms with Crippen LogP contribution in [-0.4, -0.2) is 10.8 Å². The van der Waals surface area contributed by atoms with E-state index in [0.717, 1.165) is 5.56 Å². The Morgan fingerprint density at radius 3 is 2.44 bits per heavy atom. The van der Waals surface area contributed by atoms with Gasteiger partial charge < -0.3 is 10.1 Å². The average molecular weight is 362 g/mol. The van der Waals surface area contributed by atoms with E-state index >= 15 is 0 Å². The van der Waals surface area contributed by atoms with Crippen molar-refractivity contribution in [1.82, 2.24) is 0 Å². The molecular weight excluding hydrogens is 344 g/mol. The molecule has 3 aromatic rings. The van der Waals surface area contributed by atoms with Gasteiger partial charge in [-0.15, -0.1) is 0 Å². The minimum absolute atomic E-state index is 0.0404. The molecule has 0 radical (unpaired) electrons. The largest absolute Gasteiger partial charge is 0.488 e. The Labute approximate surface area is 156 Å². The van der Waals surface area contributed by atoms with E-state index in [1.54, 1.807) is 43.3 Å². The normalized spacial score (nSPS) is 10.3. The highest BCUT2D eigenvalue weighted by Crippen LogP contribution is 2.27. The van der Waals surface area contributed by atoms with E-state index in [1.165, 1.54) is 6.07 Å². The van der Waals surface area contributed by atoms with E-state index in [2.05, 4.69) is 5.32 Å². The van der Waals surface area contributed by atoms with Gasteiger partial charge in [0.15, 0.2) is 0 Å². The number of anilines is 1. The summed E-state index contributed by atoms with van der Waals surface area (Å²) in [6.07, 6.45) is 0. The third-order valence-electron chi connectivity index (χ3n) is 4.12. The summed E-state index contributed by atoms with van der Waals surface area (Å²) in [6.45, 7) is 1.94. The molecule has 6 nitrogen and oxygen atoms in total. The van der Waals surface area contributed by atoms with Crippen molar-refractivity contribution in [2.75, 3.05) is 5.32 Å².